The van der Waals surface area contributed by atoms with Crippen molar-refractivity contribution in [2.45, 2.75) is 26.3 Å². The Balaban J connectivity index is 2.41. The molecule has 0 aliphatic heterocycles. The number of imidazole rings is 1. The number of benzene rings is 1. The third-order valence-corrected chi connectivity index (χ3v) is 2.81. The lowest BCUT2D eigenvalue weighted by Crippen LogP contribution is -2.10. The first-order valence-electron chi connectivity index (χ1n) is 6.12. The molecular formula is C14H19N3. The molecule has 3 heteroatoms. The summed E-state index contributed by atoms with van der Waals surface area (Å²) in [7, 11) is 1.97. The minimum absolute atomic E-state index is 0.875. The van der Waals surface area contributed by atoms with Gasteiger partial charge >= 0.3 is 0 Å². The van der Waals surface area contributed by atoms with Gasteiger partial charge in [-0.05, 0) is 25.1 Å². The summed E-state index contributed by atoms with van der Waals surface area (Å²) in [5.41, 5.74) is 2.52. The highest BCUT2D eigenvalue weighted by atomic mass is 15.1. The monoisotopic (exact) mass is 229 g/mol. The van der Waals surface area contributed by atoms with E-state index >= 15 is 0 Å². The average molecular weight is 229 g/mol. The molecule has 0 unspecified atom stereocenters. The van der Waals surface area contributed by atoms with Crippen molar-refractivity contribution < 1.29 is 0 Å². The van der Waals surface area contributed by atoms with Crippen LogP contribution < -0.4 is 5.32 Å². The standard InChI is InChI=1S/C14H19N3/c1-3-6-14-16-9-10-17(14)13-8-5-4-7-12(13)11-15-2/h4-5,7-10,15H,3,6,11H2,1-2H3. The maximum absolute atomic E-state index is 4.43. The van der Waals surface area contributed by atoms with Crippen LogP contribution in [0.5, 0.6) is 0 Å². The number of hydrogen-bond donors (Lipinski definition) is 1. The molecule has 0 atom stereocenters. The van der Waals surface area contributed by atoms with E-state index in [1.807, 2.05) is 19.4 Å². The van der Waals surface area contributed by atoms with Crippen LogP contribution in [0.25, 0.3) is 5.69 Å². The molecule has 1 heterocycles. The van der Waals surface area contributed by atoms with Gasteiger partial charge in [-0.2, -0.15) is 0 Å². The zero-order valence-corrected chi connectivity index (χ0v) is 10.5. The van der Waals surface area contributed by atoms with E-state index in [0.717, 1.165) is 25.2 Å². The van der Waals surface area contributed by atoms with Gasteiger partial charge in [0.05, 0.1) is 5.69 Å². The molecule has 17 heavy (non-hydrogen) atoms. The van der Waals surface area contributed by atoms with Gasteiger partial charge in [-0.1, -0.05) is 25.1 Å². The molecule has 1 aromatic heterocycles. The Bertz CT molecular complexity index is 474. The second-order valence-corrected chi connectivity index (χ2v) is 4.12. The van der Waals surface area contributed by atoms with Gasteiger partial charge in [0.1, 0.15) is 5.82 Å². The SMILES string of the molecule is CCCc1nccn1-c1ccccc1CNC. The Kier molecular flexibility index (Phi) is 3.94. The maximum atomic E-state index is 4.43. The van der Waals surface area contributed by atoms with E-state index in [9.17, 15) is 0 Å². The van der Waals surface area contributed by atoms with E-state index in [0.29, 0.717) is 0 Å². The summed E-state index contributed by atoms with van der Waals surface area (Å²) in [4.78, 5) is 4.43. The zero-order valence-electron chi connectivity index (χ0n) is 10.5. The van der Waals surface area contributed by atoms with Crippen molar-refractivity contribution in [2.24, 2.45) is 0 Å². The van der Waals surface area contributed by atoms with Crippen LogP contribution in [0.3, 0.4) is 0 Å². The lowest BCUT2D eigenvalue weighted by Gasteiger charge is -2.12. The summed E-state index contributed by atoms with van der Waals surface area (Å²) >= 11 is 0. The first-order valence-corrected chi connectivity index (χ1v) is 6.12. The van der Waals surface area contributed by atoms with Crippen LogP contribution in [0.4, 0.5) is 0 Å². The predicted molar refractivity (Wildman–Crippen MR) is 70.3 cm³/mol. The number of hydrogen-bond acceptors (Lipinski definition) is 2. The molecule has 0 fully saturated rings. The van der Waals surface area contributed by atoms with Crippen LogP contribution in [-0.4, -0.2) is 16.6 Å². The van der Waals surface area contributed by atoms with Gasteiger partial charge in [-0.25, -0.2) is 4.98 Å². The van der Waals surface area contributed by atoms with Crippen molar-refractivity contribution in [3.63, 3.8) is 0 Å². The summed E-state index contributed by atoms with van der Waals surface area (Å²) in [6.45, 7) is 3.05. The summed E-state index contributed by atoms with van der Waals surface area (Å²) < 4.78 is 2.19. The van der Waals surface area contributed by atoms with Crippen LogP contribution in [0, 0.1) is 0 Å². The van der Waals surface area contributed by atoms with Crippen molar-refractivity contribution in [2.75, 3.05) is 7.05 Å². The average Bonchev–Trinajstić information content (AvgIpc) is 2.79. The largest absolute Gasteiger partial charge is 0.316 e. The summed E-state index contributed by atoms with van der Waals surface area (Å²) in [6.07, 6.45) is 6.05. The van der Waals surface area contributed by atoms with E-state index in [4.69, 9.17) is 0 Å². The highest BCUT2D eigenvalue weighted by molar-refractivity contribution is 5.42. The lowest BCUT2D eigenvalue weighted by molar-refractivity contribution is 0.780. The summed E-state index contributed by atoms with van der Waals surface area (Å²) in [6, 6.07) is 8.45. The number of nitrogens with one attached hydrogen (secondary N) is 1. The third-order valence-electron chi connectivity index (χ3n) is 2.81. The van der Waals surface area contributed by atoms with E-state index in [2.05, 4.69) is 46.1 Å². The summed E-state index contributed by atoms with van der Waals surface area (Å²) in [5, 5.41) is 3.20. The molecule has 2 aromatic rings. The molecule has 0 bridgehead atoms. The molecule has 90 valence electrons. The Hall–Kier alpha value is -1.61. The molecule has 2 rings (SSSR count). The molecule has 0 aliphatic carbocycles. The van der Waals surface area contributed by atoms with Crippen LogP contribution in [0.15, 0.2) is 36.7 Å². The number of aromatic nitrogens is 2. The van der Waals surface area contributed by atoms with Gasteiger partial charge in [0.15, 0.2) is 0 Å². The molecule has 0 aliphatic rings. The normalized spacial score (nSPS) is 10.7. The second-order valence-electron chi connectivity index (χ2n) is 4.12. The van der Waals surface area contributed by atoms with E-state index < -0.39 is 0 Å². The molecule has 3 nitrogen and oxygen atoms in total. The van der Waals surface area contributed by atoms with Crippen molar-refractivity contribution in [3.8, 4) is 5.69 Å². The molecule has 0 saturated carbocycles. The van der Waals surface area contributed by atoms with E-state index in [1.165, 1.54) is 11.3 Å². The molecule has 0 radical (unpaired) electrons. The Morgan fingerprint density at radius 1 is 1.29 bits per heavy atom. The smallest absolute Gasteiger partial charge is 0.113 e. The number of aryl methyl sites for hydroxylation is 1. The summed E-state index contributed by atoms with van der Waals surface area (Å²) in [5.74, 6) is 1.14. The van der Waals surface area contributed by atoms with Crippen molar-refractivity contribution in [1.82, 2.24) is 14.9 Å². The molecule has 1 N–H and O–H groups in total. The predicted octanol–water partition coefficient (Wildman–Crippen LogP) is 2.54. The molecular weight excluding hydrogens is 210 g/mol. The van der Waals surface area contributed by atoms with Gasteiger partial charge in [-0.3, -0.25) is 0 Å². The van der Waals surface area contributed by atoms with Crippen molar-refractivity contribution in [1.29, 1.82) is 0 Å². The van der Waals surface area contributed by atoms with Gasteiger partial charge in [-0.15, -0.1) is 0 Å². The lowest BCUT2D eigenvalue weighted by atomic mass is 10.1. The minimum atomic E-state index is 0.875. The fourth-order valence-electron chi connectivity index (χ4n) is 2.05. The molecule has 0 amide bonds. The second kappa shape index (κ2) is 5.64. The van der Waals surface area contributed by atoms with Gasteiger partial charge in [0.25, 0.3) is 0 Å². The molecule has 0 saturated heterocycles. The third kappa shape index (κ3) is 2.56. The van der Waals surface area contributed by atoms with Gasteiger partial charge < -0.3 is 9.88 Å². The number of para-hydroxylation sites is 1. The first kappa shape index (κ1) is 11.9. The van der Waals surface area contributed by atoms with Gasteiger partial charge in [0.2, 0.25) is 0 Å². The van der Waals surface area contributed by atoms with Crippen LogP contribution in [0.2, 0.25) is 0 Å². The zero-order chi connectivity index (χ0) is 12.1. The van der Waals surface area contributed by atoms with E-state index in [1.54, 1.807) is 0 Å². The van der Waals surface area contributed by atoms with Crippen molar-refractivity contribution >= 4 is 0 Å². The van der Waals surface area contributed by atoms with E-state index in [-0.39, 0.29) is 0 Å². The fraction of sp³-hybridized carbons (Fsp3) is 0.357. The maximum Gasteiger partial charge on any atom is 0.113 e. The topological polar surface area (TPSA) is 29.9 Å². The number of nitrogens with zero attached hydrogens (tertiary/aromatic N) is 2. The van der Waals surface area contributed by atoms with Crippen LogP contribution in [0.1, 0.15) is 24.7 Å². The quantitative estimate of drug-likeness (QED) is 0.854. The fourth-order valence-corrected chi connectivity index (χ4v) is 2.05. The van der Waals surface area contributed by atoms with Crippen LogP contribution in [-0.2, 0) is 13.0 Å². The van der Waals surface area contributed by atoms with Gasteiger partial charge in [0, 0.05) is 25.4 Å². The van der Waals surface area contributed by atoms with Crippen LogP contribution >= 0.6 is 0 Å². The Labute approximate surface area is 103 Å². The highest BCUT2D eigenvalue weighted by Gasteiger charge is 2.07. The Morgan fingerprint density at radius 3 is 2.88 bits per heavy atom. The first-order chi connectivity index (χ1) is 8.36. The molecule has 1 aromatic carbocycles. The highest BCUT2D eigenvalue weighted by Crippen LogP contribution is 2.17. The number of rotatable bonds is 5. The van der Waals surface area contributed by atoms with Crippen molar-refractivity contribution in [3.05, 3.63) is 48.0 Å². The minimum Gasteiger partial charge on any atom is -0.316 e. The molecule has 0 spiro atoms. The Morgan fingerprint density at radius 2 is 2.12 bits per heavy atom.